The van der Waals surface area contributed by atoms with E-state index in [0.717, 1.165) is 16.8 Å². The van der Waals surface area contributed by atoms with Crippen molar-refractivity contribution in [2.45, 2.75) is 6.92 Å². The number of carbonyl (C=O) groups excluding carboxylic acids is 1. The first-order valence-corrected chi connectivity index (χ1v) is 8.90. The average Bonchev–Trinajstić information content (AvgIpc) is 2.99. The van der Waals surface area contributed by atoms with E-state index in [1.165, 1.54) is 5.01 Å². The molecule has 0 fully saturated rings. The zero-order chi connectivity index (χ0) is 20.1. The van der Waals surface area contributed by atoms with Crippen LogP contribution in [0, 0.1) is 6.92 Å². The number of benzene rings is 2. The van der Waals surface area contributed by atoms with E-state index < -0.39 is 0 Å². The van der Waals surface area contributed by atoms with Gasteiger partial charge in [0.25, 0.3) is 5.91 Å². The van der Waals surface area contributed by atoms with E-state index in [-0.39, 0.29) is 12.5 Å². The predicted molar refractivity (Wildman–Crippen MR) is 113 cm³/mol. The first-order chi connectivity index (χ1) is 13.5. The Labute approximate surface area is 164 Å². The third-order valence-electron chi connectivity index (χ3n) is 4.40. The van der Waals surface area contributed by atoms with E-state index in [2.05, 4.69) is 9.99 Å². The molecule has 1 aliphatic heterocycles. The molecule has 6 nitrogen and oxygen atoms in total. The molecular formula is C22H23N3O3. The molecule has 1 amide bonds. The number of nitrogens with zero attached hydrogens (tertiary/aromatic N) is 3. The summed E-state index contributed by atoms with van der Waals surface area (Å²) >= 11 is 0. The minimum Gasteiger partial charge on any atom is -0.378 e. The maximum absolute atomic E-state index is 12.8. The Kier molecular flexibility index (Phi) is 6.03. The van der Waals surface area contributed by atoms with Crippen LogP contribution in [0.3, 0.4) is 0 Å². The Morgan fingerprint density at radius 1 is 1.11 bits per heavy atom. The fourth-order valence-electron chi connectivity index (χ4n) is 2.79. The lowest BCUT2D eigenvalue weighted by Gasteiger charge is -2.11. The largest absolute Gasteiger partial charge is 0.378 e. The summed E-state index contributed by atoms with van der Waals surface area (Å²) in [6.45, 7) is 1.82. The van der Waals surface area contributed by atoms with E-state index in [1.54, 1.807) is 12.2 Å². The maximum Gasteiger partial charge on any atom is 0.280 e. The number of hydrazone groups is 1. The molecule has 1 aliphatic rings. The number of hydrogen-bond acceptors (Lipinski definition) is 5. The standard InChI is InChI=1S/C22H23N3O3/c1-16-7-11-19(12-8-16)25-22(26)20(21(23-25)15-28-27)6-4-5-17-9-13-18(14-10-17)24(2)3/h4-14,27H,15H2,1-3H3/b5-4+,20-6?. The molecule has 2 aromatic rings. The van der Waals surface area contributed by atoms with Crippen molar-refractivity contribution >= 4 is 29.1 Å². The highest BCUT2D eigenvalue weighted by molar-refractivity contribution is 6.31. The number of aryl methyl sites for hydroxylation is 1. The van der Waals surface area contributed by atoms with Crippen molar-refractivity contribution in [2.24, 2.45) is 5.10 Å². The van der Waals surface area contributed by atoms with Gasteiger partial charge >= 0.3 is 0 Å². The Morgan fingerprint density at radius 2 is 1.79 bits per heavy atom. The van der Waals surface area contributed by atoms with E-state index in [1.807, 2.05) is 80.5 Å². The number of rotatable bonds is 6. The van der Waals surface area contributed by atoms with Gasteiger partial charge in [-0.05, 0) is 42.8 Å². The molecular weight excluding hydrogens is 354 g/mol. The summed E-state index contributed by atoms with van der Waals surface area (Å²) in [6, 6.07) is 15.6. The number of allylic oxidation sites excluding steroid dienone is 2. The molecule has 0 saturated carbocycles. The minimum absolute atomic E-state index is 0.161. The second-order valence-electron chi connectivity index (χ2n) is 6.70. The van der Waals surface area contributed by atoms with E-state index in [9.17, 15) is 4.79 Å². The van der Waals surface area contributed by atoms with E-state index in [4.69, 9.17) is 5.26 Å². The normalized spacial score (nSPS) is 15.6. The van der Waals surface area contributed by atoms with Crippen LogP contribution in [0.5, 0.6) is 0 Å². The zero-order valence-corrected chi connectivity index (χ0v) is 16.2. The molecule has 0 atom stereocenters. The number of amides is 1. The van der Waals surface area contributed by atoms with Crippen LogP contribution in [0.15, 0.2) is 71.4 Å². The second-order valence-corrected chi connectivity index (χ2v) is 6.70. The fraction of sp³-hybridized carbons (Fsp3) is 0.182. The molecule has 0 radical (unpaired) electrons. The van der Waals surface area contributed by atoms with Gasteiger partial charge in [-0.2, -0.15) is 10.1 Å². The molecule has 0 unspecified atom stereocenters. The Hall–Kier alpha value is -3.22. The third kappa shape index (κ3) is 4.36. The van der Waals surface area contributed by atoms with Crippen LogP contribution in [-0.2, 0) is 9.68 Å². The molecule has 2 aromatic carbocycles. The van der Waals surface area contributed by atoms with Gasteiger partial charge in [-0.3, -0.25) is 10.1 Å². The number of anilines is 2. The minimum atomic E-state index is -0.261. The lowest BCUT2D eigenvalue weighted by molar-refractivity contribution is -0.227. The lowest BCUT2D eigenvalue weighted by atomic mass is 10.1. The summed E-state index contributed by atoms with van der Waals surface area (Å²) < 4.78 is 0. The monoisotopic (exact) mass is 377 g/mol. The van der Waals surface area contributed by atoms with Crippen molar-refractivity contribution < 1.29 is 14.9 Å². The van der Waals surface area contributed by atoms with E-state index in [0.29, 0.717) is 17.0 Å². The first-order valence-electron chi connectivity index (χ1n) is 8.90. The highest BCUT2D eigenvalue weighted by Crippen LogP contribution is 2.24. The summed E-state index contributed by atoms with van der Waals surface area (Å²) in [5.41, 5.74) is 4.65. The lowest BCUT2D eigenvalue weighted by Crippen LogP contribution is -2.21. The summed E-state index contributed by atoms with van der Waals surface area (Å²) in [6.07, 6.45) is 5.39. The second kappa shape index (κ2) is 8.65. The predicted octanol–water partition coefficient (Wildman–Crippen LogP) is 3.89. The van der Waals surface area contributed by atoms with Gasteiger partial charge in [0.1, 0.15) is 12.3 Å². The van der Waals surface area contributed by atoms with Crippen molar-refractivity contribution in [3.8, 4) is 0 Å². The van der Waals surface area contributed by atoms with Crippen LogP contribution >= 0.6 is 0 Å². The van der Waals surface area contributed by atoms with Gasteiger partial charge in [0.2, 0.25) is 0 Å². The van der Waals surface area contributed by atoms with Gasteiger partial charge in [0.15, 0.2) is 0 Å². The molecule has 0 saturated heterocycles. The summed E-state index contributed by atoms with van der Waals surface area (Å²) in [7, 11) is 3.98. The smallest absolute Gasteiger partial charge is 0.280 e. The summed E-state index contributed by atoms with van der Waals surface area (Å²) in [4.78, 5) is 19.1. The topological polar surface area (TPSA) is 65.4 Å². The van der Waals surface area contributed by atoms with Gasteiger partial charge in [-0.1, -0.05) is 42.0 Å². The first kappa shape index (κ1) is 19.5. The zero-order valence-electron chi connectivity index (χ0n) is 16.2. The summed E-state index contributed by atoms with van der Waals surface area (Å²) in [5.74, 6) is -0.261. The summed E-state index contributed by atoms with van der Waals surface area (Å²) in [5, 5.41) is 14.5. The van der Waals surface area contributed by atoms with Crippen LogP contribution < -0.4 is 9.91 Å². The Balaban J connectivity index is 1.81. The molecule has 0 aliphatic carbocycles. The molecule has 1 N–H and O–H groups in total. The van der Waals surface area contributed by atoms with Crippen LogP contribution in [0.4, 0.5) is 11.4 Å². The fourth-order valence-corrected chi connectivity index (χ4v) is 2.79. The number of hydrogen-bond donors (Lipinski definition) is 1. The van der Waals surface area contributed by atoms with Gasteiger partial charge < -0.3 is 4.90 Å². The van der Waals surface area contributed by atoms with Crippen molar-refractivity contribution in [1.82, 2.24) is 0 Å². The van der Waals surface area contributed by atoms with Crippen LogP contribution in [0.2, 0.25) is 0 Å². The van der Waals surface area contributed by atoms with Crippen LogP contribution in [0.25, 0.3) is 6.08 Å². The highest BCUT2D eigenvalue weighted by atomic mass is 17.1. The molecule has 3 rings (SSSR count). The van der Waals surface area contributed by atoms with Crippen LogP contribution in [-0.4, -0.2) is 37.6 Å². The van der Waals surface area contributed by atoms with E-state index >= 15 is 0 Å². The number of carbonyl (C=O) groups is 1. The van der Waals surface area contributed by atoms with Crippen molar-refractivity contribution in [1.29, 1.82) is 0 Å². The van der Waals surface area contributed by atoms with Gasteiger partial charge in [-0.15, -0.1) is 0 Å². The van der Waals surface area contributed by atoms with Crippen molar-refractivity contribution in [3.63, 3.8) is 0 Å². The van der Waals surface area contributed by atoms with Gasteiger partial charge in [0, 0.05) is 19.8 Å². The van der Waals surface area contributed by atoms with Gasteiger partial charge in [-0.25, -0.2) is 4.89 Å². The quantitative estimate of drug-likeness (QED) is 0.471. The molecule has 28 heavy (non-hydrogen) atoms. The highest BCUT2D eigenvalue weighted by Gasteiger charge is 2.30. The average molecular weight is 377 g/mol. The SMILES string of the molecule is Cc1ccc(N2N=C(COO)C(=C/C=C/c3ccc(N(C)C)cc3)C2=O)cc1. The van der Waals surface area contributed by atoms with Crippen molar-refractivity contribution in [3.05, 3.63) is 77.4 Å². The molecule has 0 bridgehead atoms. The van der Waals surface area contributed by atoms with Crippen LogP contribution in [0.1, 0.15) is 11.1 Å². The molecule has 0 spiro atoms. The molecule has 0 aromatic heterocycles. The Morgan fingerprint density at radius 3 is 2.39 bits per heavy atom. The third-order valence-corrected chi connectivity index (χ3v) is 4.40. The van der Waals surface area contributed by atoms with Gasteiger partial charge in [0.05, 0.1) is 11.3 Å². The molecule has 1 heterocycles. The molecule has 6 heteroatoms. The maximum atomic E-state index is 12.8. The van der Waals surface area contributed by atoms with Crippen molar-refractivity contribution in [2.75, 3.05) is 30.6 Å². The molecule has 144 valence electrons. The Bertz CT molecular complexity index is 927.